The number of hydrogen-bond acceptors (Lipinski definition) is 6. The molecule has 0 bridgehead atoms. The number of rotatable bonds is 7. The Morgan fingerprint density at radius 3 is 2.58 bits per heavy atom. The minimum atomic E-state index is -1.59. The lowest BCUT2D eigenvalue weighted by molar-refractivity contribution is -0.203. The molecule has 0 spiro atoms. The summed E-state index contributed by atoms with van der Waals surface area (Å²) in [5.74, 6) is -3.49. The number of allylic oxidation sites excluding steroid dienone is 4. The molecule has 36 heavy (non-hydrogen) atoms. The number of ether oxygens (including phenoxy) is 1. The maximum Gasteiger partial charge on any atom is 0.306 e. The number of alkyl halides is 1. The number of carbonyl (C=O) groups excluding carboxylic acids is 3. The summed E-state index contributed by atoms with van der Waals surface area (Å²) in [5, 5.41) is 21.7. The van der Waals surface area contributed by atoms with Gasteiger partial charge >= 0.3 is 5.97 Å². The van der Waals surface area contributed by atoms with Crippen LogP contribution in [-0.4, -0.2) is 50.9 Å². The number of halogens is 2. The van der Waals surface area contributed by atoms with Crippen LogP contribution in [-0.2, 0) is 19.1 Å². The largest absolute Gasteiger partial charge is 0.450 e. The van der Waals surface area contributed by atoms with E-state index < -0.39 is 63.3 Å². The van der Waals surface area contributed by atoms with Crippen molar-refractivity contribution in [1.29, 1.82) is 0 Å². The molecule has 200 valence electrons. The van der Waals surface area contributed by atoms with E-state index in [1.807, 2.05) is 20.8 Å². The fourth-order valence-corrected chi connectivity index (χ4v) is 8.86. The van der Waals surface area contributed by atoms with Gasteiger partial charge in [0.2, 0.25) is 11.6 Å². The van der Waals surface area contributed by atoms with E-state index in [9.17, 15) is 29.0 Å². The molecule has 8 heteroatoms. The summed E-state index contributed by atoms with van der Waals surface area (Å²) >= 11 is 7.37. The number of aliphatic hydroxyl groups excluding tert-OH is 2. The van der Waals surface area contributed by atoms with E-state index >= 15 is 0 Å². The maximum absolute atomic E-state index is 15.0. The SMILES string of the molecule is CCCCCC(=O)O[C@@]1(C(=O)CO)[C@@H](C)C[C@H]2[C@@H]3CCC4=C(F)C(=O)C=C[C@]4(C)[C@@]3(Cl)[C@@H](O)C[C@@]21C. The Bertz CT molecular complexity index is 1020. The Hall–Kier alpha value is -1.57. The Morgan fingerprint density at radius 2 is 1.94 bits per heavy atom. The number of carbonyl (C=O) groups is 3. The van der Waals surface area contributed by atoms with Crippen LogP contribution in [0.1, 0.15) is 79.1 Å². The van der Waals surface area contributed by atoms with E-state index in [0.717, 1.165) is 12.8 Å². The topological polar surface area (TPSA) is 101 Å². The Labute approximate surface area is 217 Å². The Morgan fingerprint density at radius 1 is 1.25 bits per heavy atom. The molecule has 6 nitrogen and oxygen atoms in total. The number of aliphatic hydroxyl groups is 2. The first-order valence-corrected chi connectivity index (χ1v) is 13.6. The number of Topliss-reactive ketones (excluding diaryl/α,β-unsaturated/α-hetero) is 1. The molecular formula is C28H38ClFO6. The van der Waals surface area contributed by atoms with Gasteiger partial charge in [-0.25, -0.2) is 4.39 Å². The van der Waals surface area contributed by atoms with Gasteiger partial charge in [0.25, 0.3) is 0 Å². The molecule has 0 amide bonds. The van der Waals surface area contributed by atoms with E-state index in [4.69, 9.17) is 16.3 Å². The first-order chi connectivity index (χ1) is 16.8. The van der Waals surface area contributed by atoms with Crippen molar-refractivity contribution >= 4 is 29.1 Å². The average molecular weight is 525 g/mol. The molecule has 4 aliphatic rings. The number of unbranched alkanes of at least 4 members (excludes halogenated alkanes) is 2. The minimum absolute atomic E-state index is 0.0439. The fraction of sp³-hybridized carbons (Fsp3) is 0.750. The number of esters is 1. The highest BCUT2D eigenvalue weighted by atomic mass is 35.5. The molecule has 0 radical (unpaired) electrons. The van der Waals surface area contributed by atoms with Gasteiger partial charge in [-0.05, 0) is 55.6 Å². The van der Waals surface area contributed by atoms with Gasteiger partial charge in [0.1, 0.15) is 6.61 Å². The van der Waals surface area contributed by atoms with Crippen LogP contribution in [0.2, 0.25) is 0 Å². The molecule has 0 heterocycles. The summed E-state index contributed by atoms with van der Waals surface area (Å²) in [4.78, 5) is 37.2. The highest BCUT2D eigenvalue weighted by Gasteiger charge is 2.76. The van der Waals surface area contributed by atoms with Gasteiger partial charge < -0.3 is 14.9 Å². The third-order valence-corrected chi connectivity index (χ3v) is 11.0. The van der Waals surface area contributed by atoms with Crippen molar-refractivity contribution in [2.45, 2.75) is 95.6 Å². The molecule has 4 aliphatic carbocycles. The lowest BCUT2D eigenvalue weighted by Crippen LogP contribution is -2.69. The average Bonchev–Trinajstić information content (AvgIpc) is 3.04. The predicted octanol–water partition coefficient (Wildman–Crippen LogP) is 4.59. The van der Waals surface area contributed by atoms with Crippen LogP contribution in [0.3, 0.4) is 0 Å². The molecule has 8 atom stereocenters. The van der Waals surface area contributed by atoms with Crippen molar-refractivity contribution in [3.05, 3.63) is 23.6 Å². The smallest absolute Gasteiger partial charge is 0.306 e. The summed E-state index contributed by atoms with van der Waals surface area (Å²) in [6.07, 6.45) is 5.56. The van der Waals surface area contributed by atoms with E-state index in [2.05, 4.69) is 0 Å². The van der Waals surface area contributed by atoms with E-state index in [1.165, 1.54) is 6.08 Å². The van der Waals surface area contributed by atoms with Gasteiger partial charge in [-0.2, -0.15) is 0 Å². The van der Waals surface area contributed by atoms with Crippen molar-refractivity contribution < 1.29 is 33.7 Å². The van der Waals surface area contributed by atoms with Gasteiger partial charge in [-0.3, -0.25) is 14.4 Å². The standard InChI is InChI=1S/C28H38ClFO6/c1-5-6-7-8-23(35)36-28(22(34)15-31)16(2)13-19-17-9-10-18-24(30)20(32)11-12-25(18,3)27(17,29)21(33)14-26(19,28)4/h11-12,16-17,19,21,31,33H,5-10,13-15H2,1-4H3/t16-,17-,19-,21-,25-,26-,27-,28+/m0/s1. The lowest BCUT2D eigenvalue weighted by Gasteiger charge is -2.64. The third-order valence-electron chi connectivity index (χ3n) is 10.1. The second kappa shape index (κ2) is 9.32. The van der Waals surface area contributed by atoms with Crippen LogP contribution in [0.25, 0.3) is 0 Å². The first kappa shape index (κ1) is 27.5. The second-order valence-corrected chi connectivity index (χ2v) is 12.4. The molecule has 4 rings (SSSR count). The molecule has 0 saturated heterocycles. The van der Waals surface area contributed by atoms with Crippen LogP contribution in [0.4, 0.5) is 4.39 Å². The molecular weight excluding hydrogens is 487 g/mol. The first-order valence-electron chi connectivity index (χ1n) is 13.2. The molecule has 0 aliphatic heterocycles. The predicted molar refractivity (Wildman–Crippen MR) is 133 cm³/mol. The van der Waals surface area contributed by atoms with Crippen LogP contribution in [0.5, 0.6) is 0 Å². The molecule has 2 N–H and O–H groups in total. The van der Waals surface area contributed by atoms with Crippen molar-refractivity contribution in [1.82, 2.24) is 0 Å². The van der Waals surface area contributed by atoms with Crippen molar-refractivity contribution in [3.63, 3.8) is 0 Å². The van der Waals surface area contributed by atoms with Crippen LogP contribution in [0, 0.1) is 28.6 Å². The highest BCUT2D eigenvalue weighted by Crippen LogP contribution is 2.72. The van der Waals surface area contributed by atoms with Gasteiger partial charge in [-0.15, -0.1) is 11.6 Å². The molecule has 0 aromatic heterocycles. The maximum atomic E-state index is 15.0. The zero-order valence-electron chi connectivity index (χ0n) is 21.6. The summed E-state index contributed by atoms with van der Waals surface area (Å²) in [7, 11) is 0. The number of ketones is 2. The summed E-state index contributed by atoms with van der Waals surface area (Å²) in [6, 6.07) is 0. The Kier molecular flexibility index (Phi) is 7.11. The Balaban J connectivity index is 1.78. The molecule has 0 aromatic rings. The quantitative estimate of drug-likeness (QED) is 0.287. The van der Waals surface area contributed by atoms with Crippen LogP contribution in [0.15, 0.2) is 23.6 Å². The monoisotopic (exact) mass is 524 g/mol. The lowest BCUT2D eigenvalue weighted by atomic mass is 9.45. The van der Waals surface area contributed by atoms with E-state index in [0.29, 0.717) is 31.3 Å². The van der Waals surface area contributed by atoms with Gasteiger partial charge in [-0.1, -0.05) is 46.6 Å². The van der Waals surface area contributed by atoms with Crippen molar-refractivity contribution in [2.24, 2.45) is 28.6 Å². The number of fused-ring (bicyclic) bond motifs is 5. The second-order valence-electron chi connectivity index (χ2n) is 11.7. The summed E-state index contributed by atoms with van der Waals surface area (Å²) in [5.41, 5.74) is -3.33. The van der Waals surface area contributed by atoms with Crippen LogP contribution < -0.4 is 0 Å². The summed E-state index contributed by atoms with van der Waals surface area (Å²) < 4.78 is 21.0. The molecule has 3 saturated carbocycles. The molecule has 3 fully saturated rings. The van der Waals surface area contributed by atoms with Gasteiger partial charge in [0, 0.05) is 23.2 Å². The van der Waals surface area contributed by atoms with Crippen molar-refractivity contribution in [3.8, 4) is 0 Å². The minimum Gasteiger partial charge on any atom is -0.450 e. The zero-order chi connectivity index (χ0) is 26.7. The van der Waals surface area contributed by atoms with Crippen molar-refractivity contribution in [2.75, 3.05) is 6.61 Å². The third kappa shape index (κ3) is 3.45. The summed E-state index contributed by atoms with van der Waals surface area (Å²) in [6.45, 7) is 6.75. The van der Waals surface area contributed by atoms with E-state index in [-0.39, 0.29) is 24.7 Å². The highest BCUT2D eigenvalue weighted by molar-refractivity contribution is 6.26. The molecule has 0 unspecified atom stereocenters. The number of hydrogen-bond donors (Lipinski definition) is 2. The fourth-order valence-electron chi connectivity index (χ4n) is 8.34. The van der Waals surface area contributed by atoms with Gasteiger partial charge in [0.05, 0.1) is 11.0 Å². The van der Waals surface area contributed by atoms with Gasteiger partial charge in [0.15, 0.2) is 11.4 Å². The zero-order valence-corrected chi connectivity index (χ0v) is 22.4. The van der Waals surface area contributed by atoms with E-state index in [1.54, 1.807) is 13.0 Å². The normalized spacial score (nSPS) is 43.6. The molecule has 0 aromatic carbocycles. The van der Waals surface area contributed by atoms with Crippen LogP contribution >= 0.6 is 11.6 Å².